The normalized spacial score (nSPS) is 11.8. The summed E-state index contributed by atoms with van der Waals surface area (Å²) < 4.78 is 19.3. The maximum Gasteiger partial charge on any atom is 0.133 e. The smallest absolute Gasteiger partial charge is 0.133 e. The van der Waals surface area contributed by atoms with Gasteiger partial charge in [0.1, 0.15) is 5.82 Å². The highest BCUT2D eigenvalue weighted by Crippen LogP contribution is 2.19. The molecule has 1 aromatic rings. The Hall–Kier alpha value is -0.930. The van der Waals surface area contributed by atoms with Gasteiger partial charge in [0.15, 0.2) is 0 Å². The topological polar surface area (TPSA) is 35.2 Å². The summed E-state index contributed by atoms with van der Waals surface area (Å²) in [6.45, 7) is 7.66. The van der Waals surface area contributed by atoms with E-state index in [1.807, 2.05) is 6.07 Å². The van der Waals surface area contributed by atoms with E-state index >= 15 is 0 Å². The third-order valence-corrected chi connectivity index (χ3v) is 2.63. The predicted octanol–water partition coefficient (Wildman–Crippen LogP) is 3.24. The fourth-order valence-corrected chi connectivity index (χ4v) is 1.46. The highest BCUT2D eigenvalue weighted by atomic mass is 19.1. The van der Waals surface area contributed by atoms with Crippen molar-refractivity contribution in [1.82, 2.24) is 0 Å². The van der Waals surface area contributed by atoms with Crippen molar-refractivity contribution in [3.8, 4) is 0 Å². The fourth-order valence-electron chi connectivity index (χ4n) is 1.46. The van der Waals surface area contributed by atoms with Crippen LogP contribution in [-0.2, 0) is 17.9 Å². The van der Waals surface area contributed by atoms with E-state index in [-0.39, 0.29) is 17.8 Å². The van der Waals surface area contributed by atoms with E-state index in [1.54, 1.807) is 12.1 Å². The Morgan fingerprint density at radius 2 is 1.88 bits per heavy atom. The molecule has 0 amide bonds. The SMILES string of the molecule is CC(C)(C)CCOCc1cccc(CN)c1F. The zero-order chi connectivity index (χ0) is 12.9. The van der Waals surface area contributed by atoms with Crippen LogP contribution in [0.1, 0.15) is 38.3 Å². The molecule has 96 valence electrons. The molecular weight excluding hydrogens is 217 g/mol. The van der Waals surface area contributed by atoms with Crippen LogP contribution in [0.15, 0.2) is 18.2 Å². The molecule has 0 aliphatic carbocycles. The molecule has 0 bridgehead atoms. The molecule has 0 unspecified atom stereocenters. The average Bonchev–Trinajstić information content (AvgIpc) is 2.25. The fraction of sp³-hybridized carbons (Fsp3) is 0.571. The second-order valence-electron chi connectivity index (χ2n) is 5.46. The Morgan fingerprint density at radius 3 is 2.47 bits per heavy atom. The van der Waals surface area contributed by atoms with Gasteiger partial charge in [0.05, 0.1) is 6.61 Å². The molecule has 0 aliphatic rings. The molecule has 0 heterocycles. The molecule has 0 atom stereocenters. The summed E-state index contributed by atoms with van der Waals surface area (Å²) in [7, 11) is 0. The number of halogens is 1. The van der Waals surface area contributed by atoms with Crippen molar-refractivity contribution >= 4 is 0 Å². The standard InChI is InChI=1S/C14H22FNO/c1-14(2,3)7-8-17-10-12-6-4-5-11(9-16)13(12)15/h4-6H,7-10,16H2,1-3H3. The second-order valence-corrected chi connectivity index (χ2v) is 5.46. The average molecular weight is 239 g/mol. The largest absolute Gasteiger partial charge is 0.377 e. The molecule has 0 radical (unpaired) electrons. The quantitative estimate of drug-likeness (QED) is 0.801. The van der Waals surface area contributed by atoms with Crippen molar-refractivity contribution in [3.05, 3.63) is 35.1 Å². The Labute approximate surface area is 103 Å². The lowest BCUT2D eigenvalue weighted by molar-refractivity contribution is 0.0942. The van der Waals surface area contributed by atoms with E-state index in [9.17, 15) is 4.39 Å². The predicted molar refractivity (Wildman–Crippen MR) is 68.0 cm³/mol. The van der Waals surface area contributed by atoms with Crippen LogP contribution in [0.5, 0.6) is 0 Å². The van der Waals surface area contributed by atoms with Gasteiger partial charge in [-0.3, -0.25) is 0 Å². The van der Waals surface area contributed by atoms with Crippen LogP contribution in [-0.4, -0.2) is 6.61 Å². The number of ether oxygens (including phenoxy) is 1. The maximum atomic E-state index is 13.8. The maximum absolute atomic E-state index is 13.8. The summed E-state index contributed by atoms with van der Waals surface area (Å²) >= 11 is 0. The van der Waals surface area contributed by atoms with Crippen molar-refractivity contribution in [1.29, 1.82) is 0 Å². The summed E-state index contributed by atoms with van der Waals surface area (Å²) in [4.78, 5) is 0. The van der Waals surface area contributed by atoms with Crippen LogP contribution in [0, 0.1) is 11.2 Å². The summed E-state index contributed by atoms with van der Waals surface area (Å²) in [5, 5.41) is 0. The molecule has 0 aliphatic heterocycles. The molecule has 0 fully saturated rings. The minimum atomic E-state index is -0.231. The van der Waals surface area contributed by atoms with Gasteiger partial charge in [-0.05, 0) is 11.8 Å². The van der Waals surface area contributed by atoms with Crippen molar-refractivity contribution in [2.75, 3.05) is 6.61 Å². The van der Waals surface area contributed by atoms with Crippen molar-refractivity contribution < 1.29 is 9.13 Å². The van der Waals surface area contributed by atoms with Crippen LogP contribution in [0.2, 0.25) is 0 Å². The first-order chi connectivity index (χ1) is 7.94. The Morgan fingerprint density at radius 1 is 1.24 bits per heavy atom. The van der Waals surface area contributed by atoms with Gasteiger partial charge >= 0.3 is 0 Å². The zero-order valence-corrected chi connectivity index (χ0v) is 10.9. The molecule has 1 aromatic carbocycles. The van der Waals surface area contributed by atoms with Gasteiger partial charge in [0, 0.05) is 24.3 Å². The monoisotopic (exact) mass is 239 g/mol. The van der Waals surface area contributed by atoms with Crippen molar-refractivity contribution in [3.63, 3.8) is 0 Å². The summed E-state index contributed by atoms with van der Waals surface area (Å²) in [5.74, 6) is -0.231. The van der Waals surface area contributed by atoms with Crippen LogP contribution in [0.25, 0.3) is 0 Å². The summed E-state index contributed by atoms with van der Waals surface area (Å²) in [6.07, 6.45) is 0.963. The first kappa shape index (κ1) is 14.1. The third kappa shape index (κ3) is 4.84. The molecule has 17 heavy (non-hydrogen) atoms. The molecule has 0 saturated carbocycles. The Balaban J connectivity index is 2.47. The first-order valence-electron chi connectivity index (χ1n) is 5.98. The van der Waals surface area contributed by atoms with Gasteiger partial charge in [0.25, 0.3) is 0 Å². The summed E-state index contributed by atoms with van der Waals surface area (Å²) in [5.41, 5.74) is 6.83. The lowest BCUT2D eigenvalue weighted by Gasteiger charge is -2.17. The highest BCUT2D eigenvalue weighted by Gasteiger charge is 2.10. The molecule has 0 aromatic heterocycles. The number of hydrogen-bond donors (Lipinski definition) is 1. The van der Waals surface area contributed by atoms with Crippen LogP contribution >= 0.6 is 0 Å². The van der Waals surface area contributed by atoms with E-state index in [2.05, 4.69) is 20.8 Å². The van der Waals surface area contributed by atoms with Gasteiger partial charge < -0.3 is 10.5 Å². The van der Waals surface area contributed by atoms with Crippen LogP contribution in [0.3, 0.4) is 0 Å². The van der Waals surface area contributed by atoms with Crippen LogP contribution in [0.4, 0.5) is 4.39 Å². The van der Waals surface area contributed by atoms with E-state index in [1.165, 1.54) is 0 Å². The number of rotatable bonds is 5. The lowest BCUT2D eigenvalue weighted by Crippen LogP contribution is -2.10. The lowest BCUT2D eigenvalue weighted by atomic mass is 9.93. The molecule has 2 nitrogen and oxygen atoms in total. The molecule has 2 N–H and O–H groups in total. The molecule has 3 heteroatoms. The molecule has 0 spiro atoms. The molecular formula is C14H22FNO. The number of benzene rings is 1. The van der Waals surface area contributed by atoms with E-state index in [4.69, 9.17) is 10.5 Å². The summed E-state index contributed by atoms with van der Waals surface area (Å²) in [6, 6.07) is 5.26. The number of nitrogens with two attached hydrogens (primary N) is 1. The van der Waals surface area contributed by atoms with E-state index < -0.39 is 0 Å². The van der Waals surface area contributed by atoms with Gasteiger partial charge in [-0.1, -0.05) is 39.0 Å². The minimum absolute atomic E-state index is 0.224. The van der Waals surface area contributed by atoms with Crippen LogP contribution < -0.4 is 5.73 Å². The van der Waals surface area contributed by atoms with Gasteiger partial charge in [-0.15, -0.1) is 0 Å². The molecule has 0 saturated heterocycles. The van der Waals surface area contributed by atoms with Gasteiger partial charge in [-0.25, -0.2) is 4.39 Å². The van der Waals surface area contributed by atoms with E-state index in [0.717, 1.165) is 6.42 Å². The van der Waals surface area contributed by atoms with Gasteiger partial charge in [-0.2, -0.15) is 0 Å². The third-order valence-electron chi connectivity index (χ3n) is 2.63. The van der Waals surface area contributed by atoms with Crippen molar-refractivity contribution in [2.24, 2.45) is 11.1 Å². The van der Waals surface area contributed by atoms with Crippen molar-refractivity contribution in [2.45, 2.75) is 40.3 Å². The second kappa shape index (κ2) is 6.12. The van der Waals surface area contributed by atoms with E-state index in [0.29, 0.717) is 24.3 Å². The van der Waals surface area contributed by atoms with Gasteiger partial charge in [0.2, 0.25) is 0 Å². The molecule has 1 rings (SSSR count). The zero-order valence-electron chi connectivity index (χ0n) is 10.9. The Kier molecular flexibility index (Phi) is 5.09. The highest BCUT2D eigenvalue weighted by molar-refractivity contribution is 5.25. The number of hydrogen-bond acceptors (Lipinski definition) is 2. The first-order valence-corrected chi connectivity index (χ1v) is 5.98. The Bertz CT molecular complexity index is 358. The minimum Gasteiger partial charge on any atom is -0.377 e.